The lowest BCUT2D eigenvalue weighted by molar-refractivity contribution is -0.142. The molecule has 2 rings (SSSR count). The van der Waals surface area contributed by atoms with Gasteiger partial charge >= 0.3 is 5.97 Å². The molecule has 0 aliphatic carbocycles. The molecule has 1 aliphatic rings. The number of carboxylic acids is 1. The van der Waals surface area contributed by atoms with Crippen LogP contribution in [-0.4, -0.2) is 46.9 Å². The molecule has 1 fully saturated rings. The summed E-state index contributed by atoms with van der Waals surface area (Å²) in [7, 11) is 0. The number of nitrogens with two attached hydrogens (primary N) is 1. The Balaban J connectivity index is 1.92. The van der Waals surface area contributed by atoms with Crippen molar-refractivity contribution in [1.29, 1.82) is 0 Å². The van der Waals surface area contributed by atoms with Gasteiger partial charge in [-0.3, -0.25) is 19.3 Å². The molecular formula is C14H17N3O4. The fraction of sp³-hybridized carbons (Fsp3) is 0.357. The summed E-state index contributed by atoms with van der Waals surface area (Å²) in [6.07, 6.45) is 1.34. The van der Waals surface area contributed by atoms with E-state index in [2.05, 4.69) is 5.32 Å². The number of likely N-dealkylation sites (tertiary alicyclic amines) is 1. The van der Waals surface area contributed by atoms with Crippen molar-refractivity contribution in [3.63, 3.8) is 0 Å². The molecule has 1 aliphatic heterocycles. The third-order valence-electron chi connectivity index (χ3n) is 3.45. The predicted molar refractivity (Wildman–Crippen MR) is 75.8 cm³/mol. The van der Waals surface area contributed by atoms with Gasteiger partial charge in [0, 0.05) is 11.3 Å². The van der Waals surface area contributed by atoms with Crippen LogP contribution in [0.5, 0.6) is 0 Å². The van der Waals surface area contributed by atoms with Gasteiger partial charge in [-0.1, -0.05) is 0 Å². The quantitative estimate of drug-likeness (QED) is 0.721. The first-order chi connectivity index (χ1) is 9.97. The van der Waals surface area contributed by atoms with E-state index in [1.165, 1.54) is 12.1 Å². The Morgan fingerprint density at radius 1 is 1.29 bits per heavy atom. The van der Waals surface area contributed by atoms with Crippen LogP contribution < -0.4 is 11.1 Å². The maximum Gasteiger partial charge on any atom is 0.320 e. The maximum atomic E-state index is 11.9. The van der Waals surface area contributed by atoms with E-state index in [1.807, 2.05) is 0 Å². The Bertz CT molecular complexity index is 556. The number of carbonyl (C=O) groups is 3. The molecule has 1 atom stereocenters. The number of carbonyl (C=O) groups excluding carboxylic acids is 2. The molecule has 1 aromatic carbocycles. The highest BCUT2D eigenvalue weighted by atomic mass is 16.4. The van der Waals surface area contributed by atoms with Crippen LogP contribution >= 0.6 is 0 Å². The highest BCUT2D eigenvalue weighted by Gasteiger charge is 2.31. The van der Waals surface area contributed by atoms with Gasteiger partial charge in [0.25, 0.3) is 0 Å². The van der Waals surface area contributed by atoms with Gasteiger partial charge in [0.1, 0.15) is 6.04 Å². The van der Waals surface area contributed by atoms with E-state index in [0.717, 1.165) is 6.42 Å². The van der Waals surface area contributed by atoms with Crippen molar-refractivity contribution in [2.24, 2.45) is 5.73 Å². The molecule has 1 heterocycles. The molecule has 7 nitrogen and oxygen atoms in total. The Kier molecular flexibility index (Phi) is 4.54. The summed E-state index contributed by atoms with van der Waals surface area (Å²) in [5.74, 6) is -1.71. The van der Waals surface area contributed by atoms with Gasteiger partial charge in [0.15, 0.2) is 0 Å². The van der Waals surface area contributed by atoms with Crippen LogP contribution in [0.15, 0.2) is 24.3 Å². The monoisotopic (exact) mass is 291 g/mol. The summed E-state index contributed by atoms with van der Waals surface area (Å²) in [5, 5.41) is 11.7. The summed E-state index contributed by atoms with van der Waals surface area (Å²) >= 11 is 0. The fourth-order valence-corrected chi connectivity index (χ4v) is 2.40. The molecule has 1 aromatic rings. The summed E-state index contributed by atoms with van der Waals surface area (Å²) < 4.78 is 0. The predicted octanol–water partition coefficient (Wildman–Crippen LogP) is 0.273. The number of aliphatic carboxylic acids is 1. The van der Waals surface area contributed by atoms with E-state index in [9.17, 15) is 14.4 Å². The zero-order valence-electron chi connectivity index (χ0n) is 11.4. The topological polar surface area (TPSA) is 113 Å². The second kappa shape index (κ2) is 6.36. The van der Waals surface area contributed by atoms with Gasteiger partial charge in [-0.15, -0.1) is 0 Å². The van der Waals surface area contributed by atoms with Crippen molar-refractivity contribution in [1.82, 2.24) is 4.90 Å². The van der Waals surface area contributed by atoms with Crippen molar-refractivity contribution in [2.45, 2.75) is 18.9 Å². The second-order valence-corrected chi connectivity index (χ2v) is 4.96. The van der Waals surface area contributed by atoms with Gasteiger partial charge in [-0.05, 0) is 43.7 Å². The minimum atomic E-state index is -0.897. The highest BCUT2D eigenvalue weighted by molar-refractivity contribution is 5.95. The molecule has 7 heteroatoms. The fourth-order valence-electron chi connectivity index (χ4n) is 2.40. The Morgan fingerprint density at radius 2 is 1.95 bits per heavy atom. The Hall–Kier alpha value is -2.41. The third kappa shape index (κ3) is 3.79. The number of anilines is 1. The first kappa shape index (κ1) is 15.0. The Morgan fingerprint density at radius 3 is 2.52 bits per heavy atom. The van der Waals surface area contributed by atoms with Gasteiger partial charge in [-0.2, -0.15) is 0 Å². The zero-order valence-corrected chi connectivity index (χ0v) is 11.4. The summed E-state index contributed by atoms with van der Waals surface area (Å²) in [5.41, 5.74) is 6.03. The van der Waals surface area contributed by atoms with E-state index in [-0.39, 0.29) is 12.5 Å². The maximum absolute atomic E-state index is 11.9. The molecule has 4 N–H and O–H groups in total. The molecule has 0 bridgehead atoms. The lowest BCUT2D eigenvalue weighted by Crippen LogP contribution is -2.40. The average Bonchev–Trinajstić information content (AvgIpc) is 2.87. The number of carboxylic acid groups (broad SMARTS) is 1. The molecule has 21 heavy (non-hydrogen) atoms. The number of nitrogens with one attached hydrogen (secondary N) is 1. The van der Waals surface area contributed by atoms with Crippen LogP contribution in [-0.2, 0) is 9.59 Å². The molecule has 1 unspecified atom stereocenters. The van der Waals surface area contributed by atoms with Crippen LogP contribution in [0.4, 0.5) is 5.69 Å². The van der Waals surface area contributed by atoms with Crippen LogP contribution in [0.1, 0.15) is 23.2 Å². The second-order valence-electron chi connectivity index (χ2n) is 4.96. The Labute approximate surface area is 121 Å². The summed E-state index contributed by atoms with van der Waals surface area (Å²) in [6.45, 7) is 0.638. The summed E-state index contributed by atoms with van der Waals surface area (Å²) in [6, 6.07) is 5.61. The molecule has 112 valence electrons. The third-order valence-corrected chi connectivity index (χ3v) is 3.45. The smallest absolute Gasteiger partial charge is 0.320 e. The molecule has 0 saturated carbocycles. The normalized spacial score (nSPS) is 18.4. The molecule has 0 spiro atoms. The average molecular weight is 291 g/mol. The minimum absolute atomic E-state index is 0.0362. The number of rotatable bonds is 5. The van der Waals surface area contributed by atoms with E-state index in [1.54, 1.807) is 17.0 Å². The lowest BCUT2D eigenvalue weighted by atomic mass is 10.2. The SMILES string of the molecule is NC(=O)c1ccc(NC(=O)CN2CCCC2C(=O)O)cc1. The van der Waals surface area contributed by atoms with Gasteiger partial charge < -0.3 is 16.2 Å². The van der Waals surface area contributed by atoms with Crippen LogP contribution in [0.25, 0.3) is 0 Å². The largest absolute Gasteiger partial charge is 0.480 e. The molecular weight excluding hydrogens is 274 g/mol. The van der Waals surface area contributed by atoms with Crippen LogP contribution in [0.2, 0.25) is 0 Å². The van der Waals surface area contributed by atoms with Crippen LogP contribution in [0, 0.1) is 0 Å². The number of hydrogen-bond acceptors (Lipinski definition) is 4. The van der Waals surface area contributed by atoms with Crippen molar-refractivity contribution < 1.29 is 19.5 Å². The van der Waals surface area contributed by atoms with Crippen LogP contribution in [0.3, 0.4) is 0 Å². The first-order valence-corrected chi connectivity index (χ1v) is 6.64. The summed E-state index contributed by atoms with van der Waals surface area (Å²) in [4.78, 5) is 35.5. The number of hydrogen-bond donors (Lipinski definition) is 3. The van der Waals surface area contributed by atoms with E-state index < -0.39 is 17.9 Å². The molecule has 0 radical (unpaired) electrons. The van der Waals surface area contributed by atoms with Gasteiger partial charge in [0.2, 0.25) is 11.8 Å². The van der Waals surface area contributed by atoms with Crippen molar-refractivity contribution in [2.75, 3.05) is 18.4 Å². The number of nitrogens with zero attached hydrogens (tertiary/aromatic N) is 1. The number of benzene rings is 1. The highest BCUT2D eigenvalue weighted by Crippen LogP contribution is 2.17. The van der Waals surface area contributed by atoms with Crippen molar-refractivity contribution >= 4 is 23.5 Å². The van der Waals surface area contributed by atoms with Crippen molar-refractivity contribution in [3.05, 3.63) is 29.8 Å². The van der Waals surface area contributed by atoms with Gasteiger partial charge in [0.05, 0.1) is 6.54 Å². The van der Waals surface area contributed by atoms with E-state index in [4.69, 9.17) is 10.8 Å². The molecule has 1 saturated heterocycles. The van der Waals surface area contributed by atoms with Gasteiger partial charge in [-0.25, -0.2) is 0 Å². The lowest BCUT2D eigenvalue weighted by Gasteiger charge is -2.20. The number of amides is 2. The standard InChI is InChI=1S/C14H17N3O4/c15-13(19)9-3-5-10(6-4-9)16-12(18)8-17-7-1-2-11(17)14(20)21/h3-6,11H,1-2,7-8H2,(H2,15,19)(H,16,18)(H,20,21). The molecule has 2 amide bonds. The first-order valence-electron chi connectivity index (χ1n) is 6.64. The zero-order chi connectivity index (χ0) is 15.4. The number of primary amides is 1. The molecule has 0 aromatic heterocycles. The van der Waals surface area contributed by atoms with E-state index >= 15 is 0 Å². The van der Waals surface area contributed by atoms with Crippen molar-refractivity contribution in [3.8, 4) is 0 Å². The minimum Gasteiger partial charge on any atom is -0.480 e. The van der Waals surface area contributed by atoms with E-state index in [0.29, 0.717) is 24.2 Å².